The van der Waals surface area contributed by atoms with E-state index in [1.165, 1.54) is 0 Å². The van der Waals surface area contributed by atoms with E-state index < -0.39 is 5.54 Å². The molecule has 1 atom stereocenters. The van der Waals surface area contributed by atoms with Crippen molar-refractivity contribution in [3.63, 3.8) is 0 Å². The molecule has 1 aliphatic rings. The standard InChI is InChI=1S/C11H23N3O2/c1-4-14-5-6-16-9(8-14)7-13-11(2,3)10(12)15/h9,13H,4-8H2,1-3H3,(H2,12,15). The van der Waals surface area contributed by atoms with Crippen molar-refractivity contribution in [2.45, 2.75) is 32.4 Å². The Labute approximate surface area is 97.3 Å². The molecule has 16 heavy (non-hydrogen) atoms. The summed E-state index contributed by atoms with van der Waals surface area (Å²) in [5.74, 6) is -0.337. The number of morpholine rings is 1. The summed E-state index contributed by atoms with van der Waals surface area (Å²) < 4.78 is 5.63. The predicted octanol–water partition coefficient (Wildman–Crippen LogP) is -0.439. The second kappa shape index (κ2) is 5.61. The molecule has 0 spiro atoms. The molecular weight excluding hydrogens is 206 g/mol. The van der Waals surface area contributed by atoms with Crippen LogP contribution in [0.5, 0.6) is 0 Å². The highest BCUT2D eigenvalue weighted by atomic mass is 16.5. The van der Waals surface area contributed by atoms with Crippen molar-refractivity contribution in [2.75, 3.05) is 32.8 Å². The Morgan fingerprint density at radius 2 is 2.31 bits per heavy atom. The highest BCUT2D eigenvalue weighted by Crippen LogP contribution is 2.06. The summed E-state index contributed by atoms with van der Waals surface area (Å²) in [5, 5.41) is 3.15. The molecule has 1 unspecified atom stereocenters. The van der Waals surface area contributed by atoms with Crippen molar-refractivity contribution in [3.05, 3.63) is 0 Å². The Balaban J connectivity index is 2.35. The van der Waals surface area contributed by atoms with Gasteiger partial charge in [0, 0.05) is 19.6 Å². The first-order valence-electron chi connectivity index (χ1n) is 5.84. The maximum absolute atomic E-state index is 11.1. The minimum atomic E-state index is -0.669. The third kappa shape index (κ3) is 3.73. The summed E-state index contributed by atoms with van der Waals surface area (Å²) in [4.78, 5) is 13.5. The van der Waals surface area contributed by atoms with Gasteiger partial charge in [0.05, 0.1) is 18.2 Å². The molecule has 0 radical (unpaired) electrons. The highest BCUT2D eigenvalue weighted by molar-refractivity contribution is 5.83. The van der Waals surface area contributed by atoms with Gasteiger partial charge in [-0.25, -0.2) is 0 Å². The van der Waals surface area contributed by atoms with Crippen LogP contribution in [0, 0.1) is 0 Å². The van der Waals surface area contributed by atoms with Crippen LogP contribution in [0.25, 0.3) is 0 Å². The number of primary amides is 1. The van der Waals surface area contributed by atoms with Crippen LogP contribution in [0.3, 0.4) is 0 Å². The average molecular weight is 229 g/mol. The number of nitrogens with zero attached hydrogens (tertiary/aromatic N) is 1. The normalized spacial score (nSPS) is 23.3. The maximum Gasteiger partial charge on any atom is 0.237 e. The van der Waals surface area contributed by atoms with Crippen molar-refractivity contribution in [1.82, 2.24) is 10.2 Å². The van der Waals surface area contributed by atoms with E-state index in [0.717, 1.165) is 26.2 Å². The van der Waals surface area contributed by atoms with Crippen molar-refractivity contribution < 1.29 is 9.53 Å². The summed E-state index contributed by atoms with van der Waals surface area (Å²) >= 11 is 0. The van der Waals surface area contributed by atoms with Gasteiger partial charge in [0.2, 0.25) is 5.91 Å². The third-order valence-corrected chi connectivity index (χ3v) is 3.06. The number of nitrogens with one attached hydrogen (secondary N) is 1. The van der Waals surface area contributed by atoms with Crippen LogP contribution in [0.15, 0.2) is 0 Å². The molecule has 5 nitrogen and oxygen atoms in total. The fraction of sp³-hybridized carbons (Fsp3) is 0.909. The summed E-state index contributed by atoms with van der Waals surface area (Å²) in [6.45, 7) is 10.1. The zero-order chi connectivity index (χ0) is 12.2. The number of carbonyl (C=O) groups excluding carboxylic acids is 1. The number of likely N-dealkylation sites (N-methyl/N-ethyl adjacent to an activating group) is 1. The zero-order valence-corrected chi connectivity index (χ0v) is 10.5. The summed E-state index contributed by atoms with van der Waals surface area (Å²) in [6, 6.07) is 0. The van der Waals surface area contributed by atoms with Gasteiger partial charge >= 0.3 is 0 Å². The summed E-state index contributed by atoms with van der Waals surface area (Å²) in [5.41, 5.74) is 4.62. The molecule has 0 aliphatic carbocycles. The Kier molecular flexibility index (Phi) is 4.70. The van der Waals surface area contributed by atoms with E-state index in [2.05, 4.69) is 17.1 Å². The lowest BCUT2D eigenvalue weighted by Gasteiger charge is -2.34. The van der Waals surface area contributed by atoms with Crippen LogP contribution in [-0.4, -0.2) is 55.2 Å². The Bertz CT molecular complexity index is 243. The minimum Gasteiger partial charge on any atom is -0.374 e. The number of rotatable bonds is 5. The van der Waals surface area contributed by atoms with Gasteiger partial charge < -0.3 is 15.8 Å². The van der Waals surface area contributed by atoms with Crippen LogP contribution in [0.1, 0.15) is 20.8 Å². The molecule has 1 aliphatic heterocycles. The van der Waals surface area contributed by atoms with Crippen LogP contribution in [0.4, 0.5) is 0 Å². The average Bonchev–Trinajstić information content (AvgIpc) is 2.26. The van der Waals surface area contributed by atoms with E-state index in [1.54, 1.807) is 13.8 Å². The second-order valence-corrected chi connectivity index (χ2v) is 4.76. The van der Waals surface area contributed by atoms with E-state index in [9.17, 15) is 4.79 Å². The molecule has 0 saturated carbocycles. The molecule has 0 aromatic carbocycles. The van der Waals surface area contributed by atoms with E-state index in [0.29, 0.717) is 6.54 Å². The van der Waals surface area contributed by atoms with Gasteiger partial charge in [-0.05, 0) is 20.4 Å². The number of amides is 1. The van der Waals surface area contributed by atoms with Crippen molar-refractivity contribution >= 4 is 5.91 Å². The van der Waals surface area contributed by atoms with Crippen molar-refractivity contribution in [3.8, 4) is 0 Å². The van der Waals surface area contributed by atoms with Crippen LogP contribution in [0.2, 0.25) is 0 Å². The summed E-state index contributed by atoms with van der Waals surface area (Å²) in [6.07, 6.45) is 0.146. The van der Waals surface area contributed by atoms with E-state index in [4.69, 9.17) is 10.5 Å². The monoisotopic (exact) mass is 229 g/mol. The van der Waals surface area contributed by atoms with Gasteiger partial charge in [-0.2, -0.15) is 0 Å². The molecule has 0 aromatic heterocycles. The fourth-order valence-corrected chi connectivity index (χ4v) is 1.65. The molecular formula is C11H23N3O2. The SMILES string of the molecule is CCN1CCOC(CNC(C)(C)C(N)=O)C1. The van der Waals surface area contributed by atoms with Crippen molar-refractivity contribution in [1.29, 1.82) is 0 Å². The number of carbonyl (C=O) groups is 1. The predicted molar refractivity (Wildman–Crippen MR) is 63.1 cm³/mol. The van der Waals surface area contributed by atoms with Gasteiger partial charge in [-0.15, -0.1) is 0 Å². The first-order chi connectivity index (χ1) is 7.45. The molecule has 5 heteroatoms. The number of ether oxygens (including phenoxy) is 1. The third-order valence-electron chi connectivity index (χ3n) is 3.06. The minimum absolute atomic E-state index is 0.146. The Morgan fingerprint density at radius 1 is 1.62 bits per heavy atom. The second-order valence-electron chi connectivity index (χ2n) is 4.76. The van der Waals surface area contributed by atoms with Gasteiger partial charge in [0.25, 0.3) is 0 Å². The lowest BCUT2D eigenvalue weighted by Crippen LogP contribution is -2.55. The molecule has 94 valence electrons. The van der Waals surface area contributed by atoms with Gasteiger partial charge in [-0.3, -0.25) is 9.69 Å². The molecule has 1 rings (SSSR count). The zero-order valence-electron chi connectivity index (χ0n) is 10.5. The molecule has 0 aromatic rings. The van der Waals surface area contributed by atoms with E-state index in [-0.39, 0.29) is 12.0 Å². The topological polar surface area (TPSA) is 67.6 Å². The number of nitrogens with two attached hydrogens (primary N) is 1. The van der Waals surface area contributed by atoms with Crippen LogP contribution >= 0.6 is 0 Å². The Morgan fingerprint density at radius 3 is 2.88 bits per heavy atom. The summed E-state index contributed by atoms with van der Waals surface area (Å²) in [7, 11) is 0. The first kappa shape index (κ1) is 13.4. The smallest absolute Gasteiger partial charge is 0.237 e. The molecule has 1 fully saturated rings. The van der Waals surface area contributed by atoms with Gasteiger partial charge in [0.15, 0.2) is 0 Å². The molecule has 1 saturated heterocycles. The largest absolute Gasteiger partial charge is 0.374 e. The van der Waals surface area contributed by atoms with Gasteiger partial charge in [-0.1, -0.05) is 6.92 Å². The van der Waals surface area contributed by atoms with E-state index in [1.807, 2.05) is 0 Å². The van der Waals surface area contributed by atoms with Gasteiger partial charge in [0.1, 0.15) is 0 Å². The van der Waals surface area contributed by atoms with E-state index >= 15 is 0 Å². The molecule has 1 heterocycles. The van der Waals surface area contributed by atoms with Crippen LogP contribution < -0.4 is 11.1 Å². The van der Waals surface area contributed by atoms with Crippen LogP contribution in [-0.2, 0) is 9.53 Å². The molecule has 3 N–H and O–H groups in total. The van der Waals surface area contributed by atoms with Crippen molar-refractivity contribution in [2.24, 2.45) is 5.73 Å². The maximum atomic E-state index is 11.1. The molecule has 0 bridgehead atoms. The number of hydrogen-bond acceptors (Lipinski definition) is 4. The molecule has 1 amide bonds. The lowest BCUT2D eigenvalue weighted by atomic mass is 10.0. The lowest BCUT2D eigenvalue weighted by molar-refractivity contribution is -0.123. The Hall–Kier alpha value is -0.650. The number of hydrogen-bond donors (Lipinski definition) is 2. The highest BCUT2D eigenvalue weighted by Gasteiger charge is 2.27. The first-order valence-corrected chi connectivity index (χ1v) is 5.84. The fourth-order valence-electron chi connectivity index (χ4n) is 1.65. The quantitative estimate of drug-likeness (QED) is 0.671.